The maximum Gasteiger partial charge on any atom is 0.295 e. The molecule has 1 saturated heterocycles. The van der Waals surface area contributed by atoms with Crippen LogP contribution >= 0.6 is 0 Å². The Hall–Kier alpha value is -3.12. The van der Waals surface area contributed by atoms with Gasteiger partial charge in [0.15, 0.2) is 0 Å². The van der Waals surface area contributed by atoms with Crippen LogP contribution in [0, 0.1) is 6.92 Å². The highest BCUT2D eigenvalue weighted by molar-refractivity contribution is 6.46. The van der Waals surface area contributed by atoms with Crippen LogP contribution in [0.3, 0.4) is 0 Å². The molecule has 2 aromatic rings. The maximum absolute atomic E-state index is 12.8. The van der Waals surface area contributed by atoms with Crippen LogP contribution in [0.15, 0.2) is 54.1 Å². The Morgan fingerprint density at radius 2 is 1.82 bits per heavy atom. The number of aryl methyl sites for hydroxylation is 1. The zero-order valence-corrected chi connectivity index (χ0v) is 16.1. The van der Waals surface area contributed by atoms with E-state index in [4.69, 9.17) is 9.47 Å². The van der Waals surface area contributed by atoms with Gasteiger partial charge in [0.1, 0.15) is 11.5 Å². The van der Waals surface area contributed by atoms with Crippen molar-refractivity contribution < 1.29 is 24.2 Å². The molecule has 1 aliphatic heterocycles. The summed E-state index contributed by atoms with van der Waals surface area (Å²) in [5, 5.41) is 10.9. The van der Waals surface area contributed by atoms with E-state index in [2.05, 4.69) is 0 Å². The molecule has 0 aromatic heterocycles. The predicted molar refractivity (Wildman–Crippen MR) is 105 cm³/mol. The minimum absolute atomic E-state index is 0.0678. The van der Waals surface area contributed by atoms with Gasteiger partial charge >= 0.3 is 0 Å². The first-order chi connectivity index (χ1) is 13.5. The third-order valence-electron chi connectivity index (χ3n) is 4.81. The van der Waals surface area contributed by atoms with E-state index in [-0.39, 0.29) is 24.5 Å². The Morgan fingerprint density at radius 1 is 1.11 bits per heavy atom. The highest BCUT2D eigenvalue weighted by Crippen LogP contribution is 2.40. The number of nitrogens with zero attached hydrogens (tertiary/aromatic N) is 1. The van der Waals surface area contributed by atoms with Crippen molar-refractivity contribution in [1.82, 2.24) is 4.90 Å². The van der Waals surface area contributed by atoms with E-state index in [9.17, 15) is 14.7 Å². The molecule has 0 saturated carbocycles. The first-order valence-corrected chi connectivity index (χ1v) is 8.96. The van der Waals surface area contributed by atoms with Crippen LogP contribution in [0.5, 0.6) is 5.75 Å². The average molecular weight is 381 g/mol. The highest BCUT2D eigenvalue weighted by atomic mass is 16.5. The molecule has 1 fully saturated rings. The molecule has 1 heterocycles. The molecule has 0 spiro atoms. The van der Waals surface area contributed by atoms with Gasteiger partial charge in [-0.05, 0) is 24.6 Å². The SMILES string of the molecule is COCCN1C(=O)C(=O)/C(=C(/O)c2ccc(C)cc2)C1c1cccc(OC)c1. The maximum atomic E-state index is 12.8. The molecule has 6 heteroatoms. The summed E-state index contributed by atoms with van der Waals surface area (Å²) < 4.78 is 10.4. The lowest BCUT2D eigenvalue weighted by Gasteiger charge is -2.25. The molecule has 0 radical (unpaired) electrons. The third-order valence-corrected chi connectivity index (χ3v) is 4.81. The minimum Gasteiger partial charge on any atom is -0.507 e. The van der Waals surface area contributed by atoms with Crippen LogP contribution in [0.1, 0.15) is 22.7 Å². The van der Waals surface area contributed by atoms with Gasteiger partial charge in [0.2, 0.25) is 0 Å². The number of aliphatic hydroxyl groups is 1. The van der Waals surface area contributed by atoms with Crippen molar-refractivity contribution in [2.45, 2.75) is 13.0 Å². The van der Waals surface area contributed by atoms with Crippen molar-refractivity contribution in [3.8, 4) is 5.75 Å². The van der Waals surface area contributed by atoms with Crippen molar-refractivity contribution in [2.75, 3.05) is 27.4 Å². The van der Waals surface area contributed by atoms with Crippen LogP contribution in [0.4, 0.5) is 0 Å². The summed E-state index contributed by atoms with van der Waals surface area (Å²) in [6.07, 6.45) is 0. The average Bonchev–Trinajstić information content (AvgIpc) is 2.97. The summed E-state index contributed by atoms with van der Waals surface area (Å²) in [5.41, 5.74) is 2.27. The van der Waals surface area contributed by atoms with Crippen LogP contribution in [0.2, 0.25) is 0 Å². The van der Waals surface area contributed by atoms with Crippen molar-refractivity contribution in [1.29, 1.82) is 0 Å². The molecule has 0 aliphatic carbocycles. The molecule has 1 N–H and O–H groups in total. The summed E-state index contributed by atoms with van der Waals surface area (Å²) in [5.74, 6) is -0.947. The van der Waals surface area contributed by atoms with E-state index in [0.717, 1.165) is 5.56 Å². The molecule has 3 rings (SSSR count). The number of amides is 1. The van der Waals surface area contributed by atoms with Crippen LogP contribution in [-0.4, -0.2) is 49.1 Å². The molecule has 146 valence electrons. The lowest BCUT2D eigenvalue weighted by atomic mass is 9.95. The lowest BCUT2D eigenvalue weighted by Crippen LogP contribution is -2.32. The number of benzene rings is 2. The summed E-state index contributed by atoms with van der Waals surface area (Å²) in [6, 6.07) is 13.6. The Bertz CT molecular complexity index is 917. The highest BCUT2D eigenvalue weighted by Gasteiger charge is 2.45. The number of carbonyl (C=O) groups excluding carboxylic acids is 2. The molecule has 1 atom stereocenters. The van der Waals surface area contributed by atoms with Crippen molar-refractivity contribution in [2.24, 2.45) is 0 Å². The van der Waals surface area contributed by atoms with Crippen LogP contribution in [-0.2, 0) is 14.3 Å². The van der Waals surface area contributed by atoms with Gasteiger partial charge in [0.25, 0.3) is 11.7 Å². The molecule has 6 nitrogen and oxygen atoms in total. The first-order valence-electron chi connectivity index (χ1n) is 8.96. The number of ketones is 1. The number of methoxy groups -OCH3 is 2. The van der Waals surface area contributed by atoms with Crippen molar-refractivity contribution in [3.63, 3.8) is 0 Å². The van der Waals surface area contributed by atoms with Crippen LogP contribution in [0.25, 0.3) is 5.76 Å². The molecule has 1 unspecified atom stereocenters. The van der Waals surface area contributed by atoms with E-state index in [1.165, 1.54) is 12.0 Å². The zero-order valence-electron chi connectivity index (χ0n) is 16.1. The lowest BCUT2D eigenvalue weighted by molar-refractivity contribution is -0.140. The quantitative estimate of drug-likeness (QED) is 0.473. The Balaban J connectivity index is 2.16. The molecule has 0 bridgehead atoms. The predicted octanol–water partition coefficient (Wildman–Crippen LogP) is 3.07. The first kappa shape index (κ1) is 19.6. The Labute approximate surface area is 164 Å². The van der Waals surface area contributed by atoms with E-state index in [1.54, 1.807) is 43.5 Å². The number of Topliss-reactive ketones (excluding diaryl/α,β-unsaturated/α-hetero) is 1. The number of hydrogen-bond donors (Lipinski definition) is 1. The molecule has 1 aliphatic rings. The van der Waals surface area contributed by atoms with Crippen LogP contribution < -0.4 is 4.74 Å². The summed E-state index contributed by atoms with van der Waals surface area (Å²) in [6.45, 7) is 2.44. The minimum atomic E-state index is -0.716. The largest absolute Gasteiger partial charge is 0.507 e. The number of likely N-dealkylation sites (tertiary alicyclic amines) is 1. The second kappa shape index (κ2) is 8.27. The third kappa shape index (κ3) is 3.64. The number of hydrogen-bond acceptors (Lipinski definition) is 5. The normalized spacial score (nSPS) is 18.5. The Kier molecular flexibility index (Phi) is 5.80. The second-order valence-electron chi connectivity index (χ2n) is 6.63. The zero-order chi connectivity index (χ0) is 20.3. The van der Waals surface area contributed by atoms with Gasteiger partial charge in [0, 0.05) is 19.2 Å². The summed E-state index contributed by atoms with van der Waals surface area (Å²) >= 11 is 0. The molecule has 2 aromatic carbocycles. The standard InChI is InChI=1S/C22H23NO5/c1-14-7-9-15(10-8-14)20(24)18-19(16-5-4-6-17(13-16)28-3)23(11-12-27-2)22(26)21(18)25/h4-10,13,19,24H,11-12H2,1-3H3/b20-18+. The van der Waals surface area contributed by atoms with Gasteiger partial charge in [-0.15, -0.1) is 0 Å². The fourth-order valence-corrected chi connectivity index (χ4v) is 3.33. The second-order valence-corrected chi connectivity index (χ2v) is 6.63. The van der Waals surface area contributed by atoms with E-state index in [1.807, 2.05) is 19.1 Å². The van der Waals surface area contributed by atoms with Crippen molar-refractivity contribution in [3.05, 3.63) is 70.8 Å². The molecule has 1 amide bonds. The van der Waals surface area contributed by atoms with E-state index >= 15 is 0 Å². The smallest absolute Gasteiger partial charge is 0.295 e. The van der Waals surface area contributed by atoms with Gasteiger partial charge in [-0.25, -0.2) is 0 Å². The van der Waals surface area contributed by atoms with Gasteiger partial charge in [-0.3, -0.25) is 9.59 Å². The number of carbonyl (C=O) groups is 2. The van der Waals surface area contributed by atoms with Gasteiger partial charge in [-0.1, -0.05) is 42.0 Å². The topological polar surface area (TPSA) is 76.1 Å². The van der Waals surface area contributed by atoms with Crippen molar-refractivity contribution >= 4 is 17.4 Å². The van der Waals surface area contributed by atoms with Gasteiger partial charge in [0.05, 0.1) is 25.3 Å². The van der Waals surface area contributed by atoms with E-state index in [0.29, 0.717) is 16.9 Å². The Morgan fingerprint density at radius 3 is 2.46 bits per heavy atom. The fourth-order valence-electron chi connectivity index (χ4n) is 3.33. The molecular formula is C22H23NO5. The molecule has 28 heavy (non-hydrogen) atoms. The number of rotatable bonds is 6. The fraction of sp³-hybridized carbons (Fsp3) is 0.273. The number of aliphatic hydroxyl groups excluding tert-OH is 1. The molecular weight excluding hydrogens is 358 g/mol. The summed E-state index contributed by atoms with van der Waals surface area (Å²) in [7, 11) is 3.08. The van der Waals surface area contributed by atoms with E-state index < -0.39 is 17.7 Å². The monoisotopic (exact) mass is 381 g/mol. The summed E-state index contributed by atoms with van der Waals surface area (Å²) in [4.78, 5) is 26.9. The van der Waals surface area contributed by atoms with Gasteiger partial charge in [-0.2, -0.15) is 0 Å². The number of ether oxygens (including phenoxy) is 2. The van der Waals surface area contributed by atoms with Gasteiger partial charge < -0.3 is 19.5 Å².